The van der Waals surface area contributed by atoms with E-state index >= 15 is 0 Å². The van der Waals surface area contributed by atoms with Crippen LogP contribution in [-0.4, -0.2) is 20.9 Å². The van der Waals surface area contributed by atoms with Crippen LogP contribution >= 0.6 is 0 Å². The van der Waals surface area contributed by atoms with Crippen LogP contribution in [-0.2, 0) is 16.6 Å². The van der Waals surface area contributed by atoms with Crippen molar-refractivity contribution in [2.24, 2.45) is 5.14 Å². The normalized spacial score (nSPS) is 13.9. The maximum Gasteiger partial charge on any atom is 0.253 e. The Morgan fingerprint density at radius 3 is 2.24 bits per heavy atom. The number of halogens is 2. The number of hydrogen-bond acceptors (Lipinski definition) is 3. The lowest BCUT2D eigenvalue weighted by atomic mass is 10.2. The van der Waals surface area contributed by atoms with Gasteiger partial charge in [-0.05, 0) is 24.6 Å². The van der Waals surface area contributed by atoms with Crippen LogP contribution in [0.4, 0.5) is 8.78 Å². The van der Waals surface area contributed by atoms with Gasteiger partial charge in [-0.15, -0.1) is 0 Å². The summed E-state index contributed by atoms with van der Waals surface area (Å²) in [6.45, 7) is 1.62. The van der Waals surface area contributed by atoms with Crippen LogP contribution in [0.2, 0.25) is 0 Å². The molecule has 0 aliphatic heterocycles. The second kappa shape index (κ2) is 5.52. The van der Waals surface area contributed by atoms with Crippen molar-refractivity contribution in [3.63, 3.8) is 0 Å². The molecule has 0 heterocycles. The monoisotopic (exact) mass is 264 g/mol. The predicted molar refractivity (Wildman–Crippen MR) is 60.1 cm³/mol. The number of alkyl halides is 2. The Kier molecular flexibility index (Phi) is 4.55. The fourth-order valence-electron chi connectivity index (χ4n) is 1.16. The molecular formula is C10H14F2N2O2S. The van der Waals surface area contributed by atoms with Crippen LogP contribution in [0.1, 0.15) is 12.5 Å². The smallest absolute Gasteiger partial charge is 0.253 e. The molecule has 0 bridgehead atoms. The molecule has 1 aromatic carbocycles. The topological polar surface area (TPSA) is 72.2 Å². The first-order valence-corrected chi connectivity index (χ1v) is 6.48. The summed E-state index contributed by atoms with van der Waals surface area (Å²) in [6, 6.07) is 4.85. The summed E-state index contributed by atoms with van der Waals surface area (Å²) in [4.78, 5) is 0.00292. The highest BCUT2D eigenvalue weighted by Crippen LogP contribution is 2.09. The molecule has 0 radical (unpaired) electrons. The van der Waals surface area contributed by atoms with E-state index in [9.17, 15) is 17.2 Å². The Hall–Kier alpha value is -1.05. The summed E-state index contributed by atoms with van der Waals surface area (Å²) in [5.74, 6) is 0. The highest BCUT2D eigenvalue weighted by atomic mass is 32.2. The van der Waals surface area contributed by atoms with E-state index in [1.54, 1.807) is 0 Å². The quantitative estimate of drug-likeness (QED) is 0.835. The largest absolute Gasteiger partial charge is 0.305 e. The van der Waals surface area contributed by atoms with E-state index in [2.05, 4.69) is 5.32 Å². The van der Waals surface area contributed by atoms with Crippen molar-refractivity contribution in [3.8, 4) is 0 Å². The van der Waals surface area contributed by atoms with E-state index in [4.69, 9.17) is 5.14 Å². The van der Waals surface area contributed by atoms with Gasteiger partial charge in [0.05, 0.1) is 10.9 Å². The summed E-state index contributed by atoms with van der Waals surface area (Å²) < 4.78 is 46.3. The minimum atomic E-state index is -3.70. The van der Waals surface area contributed by atoms with Gasteiger partial charge >= 0.3 is 0 Å². The molecule has 7 heteroatoms. The average molecular weight is 264 g/mol. The second-order valence-electron chi connectivity index (χ2n) is 3.69. The first-order chi connectivity index (χ1) is 7.80. The Morgan fingerprint density at radius 1 is 1.29 bits per heavy atom. The van der Waals surface area contributed by atoms with E-state index < -0.39 is 22.5 Å². The number of rotatable bonds is 5. The molecule has 4 nitrogen and oxygen atoms in total. The van der Waals surface area contributed by atoms with Crippen LogP contribution in [0.25, 0.3) is 0 Å². The van der Waals surface area contributed by atoms with Crippen molar-refractivity contribution in [3.05, 3.63) is 29.8 Å². The van der Waals surface area contributed by atoms with Gasteiger partial charge in [0.2, 0.25) is 10.0 Å². The lowest BCUT2D eigenvalue weighted by Gasteiger charge is -2.12. The van der Waals surface area contributed by atoms with Crippen molar-refractivity contribution in [2.75, 3.05) is 0 Å². The number of primary sulfonamides is 1. The fourth-order valence-corrected chi connectivity index (χ4v) is 1.68. The summed E-state index contributed by atoms with van der Waals surface area (Å²) in [5, 5.41) is 7.55. The lowest BCUT2D eigenvalue weighted by Crippen LogP contribution is -2.31. The molecule has 0 saturated carbocycles. The number of nitrogens with two attached hydrogens (primary N) is 1. The molecule has 1 rings (SSSR count). The summed E-state index contributed by atoms with van der Waals surface area (Å²) in [6.07, 6.45) is -2.43. The Bertz CT molecular complexity index is 460. The molecule has 17 heavy (non-hydrogen) atoms. The van der Waals surface area contributed by atoms with Crippen LogP contribution in [0.15, 0.2) is 29.2 Å². The third-order valence-corrected chi connectivity index (χ3v) is 3.19. The number of hydrogen-bond donors (Lipinski definition) is 2. The van der Waals surface area contributed by atoms with Crippen molar-refractivity contribution in [1.29, 1.82) is 0 Å². The van der Waals surface area contributed by atoms with E-state index in [1.807, 2.05) is 0 Å². The minimum Gasteiger partial charge on any atom is -0.305 e. The van der Waals surface area contributed by atoms with Crippen molar-refractivity contribution < 1.29 is 17.2 Å². The van der Waals surface area contributed by atoms with Gasteiger partial charge < -0.3 is 5.32 Å². The lowest BCUT2D eigenvalue weighted by molar-refractivity contribution is 0.105. The molecule has 0 aliphatic rings. The van der Waals surface area contributed by atoms with Gasteiger partial charge in [-0.25, -0.2) is 22.3 Å². The maximum absolute atomic E-state index is 12.2. The van der Waals surface area contributed by atoms with Gasteiger partial charge in [0.25, 0.3) is 6.43 Å². The molecule has 1 unspecified atom stereocenters. The zero-order chi connectivity index (χ0) is 13.1. The third kappa shape index (κ3) is 4.37. The standard InChI is InChI=1S/C10H14F2N2O2S/c1-7(10(11)12)14-6-8-2-4-9(5-3-8)17(13,15)16/h2-5,7,10,14H,6H2,1H3,(H2,13,15,16). The number of benzene rings is 1. The molecule has 0 saturated heterocycles. The summed E-state index contributed by atoms with van der Waals surface area (Å²) in [5.41, 5.74) is 0.713. The van der Waals surface area contributed by atoms with Crippen LogP contribution in [0, 0.1) is 0 Å². The molecular weight excluding hydrogens is 250 g/mol. The second-order valence-corrected chi connectivity index (χ2v) is 5.25. The molecule has 0 spiro atoms. The number of sulfonamides is 1. The average Bonchev–Trinajstić information content (AvgIpc) is 2.25. The SMILES string of the molecule is CC(NCc1ccc(S(N)(=O)=O)cc1)C(F)F. The zero-order valence-electron chi connectivity index (χ0n) is 9.23. The molecule has 0 amide bonds. The Labute approximate surface area is 98.9 Å². The Balaban J connectivity index is 2.64. The number of nitrogens with one attached hydrogen (secondary N) is 1. The van der Waals surface area contributed by atoms with E-state index in [0.717, 1.165) is 0 Å². The minimum absolute atomic E-state index is 0.00292. The molecule has 3 N–H and O–H groups in total. The molecule has 0 fully saturated rings. The zero-order valence-corrected chi connectivity index (χ0v) is 10.0. The highest BCUT2D eigenvalue weighted by Gasteiger charge is 2.13. The summed E-state index contributed by atoms with van der Waals surface area (Å²) in [7, 11) is -3.70. The molecule has 1 aromatic rings. The maximum atomic E-state index is 12.2. The Morgan fingerprint density at radius 2 is 1.82 bits per heavy atom. The van der Waals surface area contributed by atoms with Gasteiger partial charge in [-0.2, -0.15) is 0 Å². The first kappa shape index (κ1) is 14.0. The summed E-state index contributed by atoms with van der Waals surface area (Å²) >= 11 is 0. The van der Waals surface area contributed by atoms with Crippen molar-refractivity contribution >= 4 is 10.0 Å². The van der Waals surface area contributed by atoms with E-state index in [1.165, 1.54) is 31.2 Å². The van der Waals surface area contributed by atoms with Crippen LogP contribution < -0.4 is 10.5 Å². The van der Waals surface area contributed by atoms with Gasteiger partial charge in [-0.1, -0.05) is 12.1 Å². The van der Waals surface area contributed by atoms with Gasteiger partial charge in [0, 0.05) is 6.54 Å². The fraction of sp³-hybridized carbons (Fsp3) is 0.400. The van der Waals surface area contributed by atoms with Crippen LogP contribution in [0.5, 0.6) is 0 Å². The van der Waals surface area contributed by atoms with Gasteiger partial charge in [0.1, 0.15) is 0 Å². The van der Waals surface area contributed by atoms with E-state index in [-0.39, 0.29) is 11.4 Å². The van der Waals surface area contributed by atoms with Gasteiger partial charge in [0.15, 0.2) is 0 Å². The molecule has 0 aromatic heterocycles. The van der Waals surface area contributed by atoms with Crippen molar-refractivity contribution in [1.82, 2.24) is 5.32 Å². The van der Waals surface area contributed by atoms with Gasteiger partial charge in [-0.3, -0.25) is 0 Å². The molecule has 1 atom stereocenters. The van der Waals surface area contributed by atoms with E-state index in [0.29, 0.717) is 5.56 Å². The highest BCUT2D eigenvalue weighted by molar-refractivity contribution is 7.89. The third-order valence-electron chi connectivity index (χ3n) is 2.26. The van der Waals surface area contributed by atoms with Crippen molar-refractivity contribution in [2.45, 2.75) is 30.8 Å². The van der Waals surface area contributed by atoms with Crippen LogP contribution in [0.3, 0.4) is 0 Å². The predicted octanol–water partition coefficient (Wildman–Crippen LogP) is 1.08. The molecule has 0 aliphatic carbocycles. The molecule has 96 valence electrons. The first-order valence-electron chi connectivity index (χ1n) is 4.94.